The average molecular weight is 248 g/mol. The molecule has 0 atom stereocenters. The molecule has 1 aliphatic heterocycles. The highest BCUT2D eigenvalue weighted by Crippen LogP contribution is 2.16. The van der Waals surface area contributed by atoms with Crippen molar-refractivity contribution in [3.63, 3.8) is 0 Å². The van der Waals surface area contributed by atoms with Crippen molar-refractivity contribution in [3.8, 4) is 0 Å². The standard InChI is InChI=1S/C14H20N2O2/c1-18-10-11-2-4-13(5-3-11)16-14(17)12-6-8-15-9-7-12/h2-5,12,15H,6-10H2,1H3,(H,16,17). The van der Waals surface area contributed by atoms with Gasteiger partial charge in [-0.15, -0.1) is 0 Å². The van der Waals surface area contributed by atoms with Crippen molar-refractivity contribution in [2.24, 2.45) is 5.92 Å². The molecule has 2 N–H and O–H groups in total. The summed E-state index contributed by atoms with van der Waals surface area (Å²) in [5, 5.41) is 6.23. The van der Waals surface area contributed by atoms with Crippen LogP contribution in [0, 0.1) is 5.92 Å². The number of hydrogen-bond acceptors (Lipinski definition) is 3. The second-order valence-electron chi connectivity index (χ2n) is 4.64. The Morgan fingerprint density at radius 3 is 2.61 bits per heavy atom. The van der Waals surface area contributed by atoms with Crippen molar-refractivity contribution >= 4 is 11.6 Å². The number of piperidine rings is 1. The van der Waals surface area contributed by atoms with Gasteiger partial charge >= 0.3 is 0 Å². The minimum atomic E-state index is 0.135. The molecule has 1 aromatic carbocycles. The van der Waals surface area contributed by atoms with E-state index in [1.54, 1.807) is 7.11 Å². The number of benzene rings is 1. The van der Waals surface area contributed by atoms with Crippen molar-refractivity contribution in [2.75, 3.05) is 25.5 Å². The fourth-order valence-electron chi connectivity index (χ4n) is 2.18. The van der Waals surface area contributed by atoms with Crippen LogP contribution in [0.5, 0.6) is 0 Å². The maximum Gasteiger partial charge on any atom is 0.227 e. The topological polar surface area (TPSA) is 50.4 Å². The Bertz CT molecular complexity index is 383. The van der Waals surface area contributed by atoms with Gasteiger partial charge in [-0.2, -0.15) is 0 Å². The largest absolute Gasteiger partial charge is 0.380 e. The third-order valence-electron chi connectivity index (χ3n) is 3.24. The first kappa shape index (κ1) is 13.1. The van der Waals surface area contributed by atoms with Crippen LogP contribution in [0.25, 0.3) is 0 Å². The van der Waals surface area contributed by atoms with Gasteiger partial charge in [0.15, 0.2) is 0 Å². The van der Waals surface area contributed by atoms with E-state index in [9.17, 15) is 4.79 Å². The molecule has 0 saturated carbocycles. The Hall–Kier alpha value is -1.39. The molecule has 2 rings (SSSR count). The van der Waals surface area contributed by atoms with Crippen LogP contribution in [-0.4, -0.2) is 26.1 Å². The van der Waals surface area contributed by atoms with E-state index in [0.29, 0.717) is 6.61 Å². The second kappa shape index (κ2) is 6.52. The number of carbonyl (C=O) groups excluding carboxylic acids is 1. The quantitative estimate of drug-likeness (QED) is 0.854. The molecule has 1 aliphatic rings. The maximum atomic E-state index is 12.0. The fourth-order valence-corrected chi connectivity index (χ4v) is 2.18. The number of anilines is 1. The van der Waals surface area contributed by atoms with Gasteiger partial charge in [0.1, 0.15) is 0 Å². The Morgan fingerprint density at radius 2 is 2.00 bits per heavy atom. The first-order valence-electron chi connectivity index (χ1n) is 6.39. The molecule has 0 aromatic heterocycles. The molecule has 1 amide bonds. The molecular weight excluding hydrogens is 228 g/mol. The zero-order valence-electron chi connectivity index (χ0n) is 10.7. The summed E-state index contributed by atoms with van der Waals surface area (Å²) in [5.74, 6) is 0.279. The van der Waals surface area contributed by atoms with Crippen LogP contribution in [0.1, 0.15) is 18.4 Å². The lowest BCUT2D eigenvalue weighted by atomic mass is 9.97. The Morgan fingerprint density at radius 1 is 1.33 bits per heavy atom. The van der Waals surface area contributed by atoms with Crippen molar-refractivity contribution < 1.29 is 9.53 Å². The predicted octanol–water partition coefficient (Wildman–Crippen LogP) is 1.77. The van der Waals surface area contributed by atoms with Crippen LogP contribution in [0.15, 0.2) is 24.3 Å². The average Bonchev–Trinajstić information content (AvgIpc) is 2.42. The molecule has 0 spiro atoms. The molecule has 0 unspecified atom stereocenters. The molecule has 0 radical (unpaired) electrons. The van der Waals surface area contributed by atoms with Gasteiger partial charge in [0.2, 0.25) is 5.91 Å². The summed E-state index contributed by atoms with van der Waals surface area (Å²) in [6.45, 7) is 2.47. The van der Waals surface area contributed by atoms with Gasteiger partial charge in [-0.1, -0.05) is 12.1 Å². The SMILES string of the molecule is COCc1ccc(NC(=O)C2CCNCC2)cc1. The Labute approximate surface area is 108 Å². The predicted molar refractivity (Wildman–Crippen MR) is 71.4 cm³/mol. The summed E-state index contributed by atoms with van der Waals surface area (Å²) in [6.07, 6.45) is 1.85. The number of methoxy groups -OCH3 is 1. The van der Waals surface area contributed by atoms with Crippen molar-refractivity contribution in [1.82, 2.24) is 5.32 Å². The van der Waals surface area contributed by atoms with Crippen LogP contribution >= 0.6 is 0 Å². The third-order valence-corrected chi connectivity index (χ3v) is 3.24. The lowest BCUT2D eigenvalue weighted by Gasteiger charge is -2.21. The molecule has 1 fully saturated rings. The normalized spacial score (nSPS) is 16.5. The van der Waals surface area contributed by atoms with Crippen LogP contribution in [0.3, 0.4) is 0 Å². The Balaban J connectivity index is 1.89. The van der Waals surface area contributed by atoms with Gasteiger partial charge < -0.3 is 15.4 Å². The highest BCUT2D eigenvalue weighted by Gasteiger charge is 2.20. The molecule has 98 valence electrons. The van der Waals surface area contributed by atoms with Crippen molar-refractivity contribution in [2.45, 2.75) is 19.4 Å². The van der Waals surface area contributed by atoms with E-state index in [4.69, 9.17) is 4.74 Å². The number of ether oxygens (including phenoxy) is 1. The van der Waals surface area contributed by atoms with E-state index >= 15 is 0 Å². The van der Waals surface area contributed by atoms with Crippen molar-refractivity contribution in [3.05, 3.63) is 29.8 Å². The first-order valence-corrected chi connectivity index (χ1v) is 6.39. The molecule has 1 heterocycles. The zero-order chi connectivity index (χ0) is 12.8. The number of rotatable bonds is 4. The Kier molecular flexibility index (Phi) is 4.73. The van der Waals surface area contributed by atoms with E-state index < -0.39 is 0 Å². The highest BCUT2D eigenvalue weighted by molar-refractivity contribution is 5.92. The molecule has 0 bridgehead atoms. The maximum absolute atomic E-state index is 12.0. The number of carbonyl (C=O) groups is 1. The minimum absolute atomic E-state index is 0.135. The first-order chi connectivity index (χ1) is 8.79. The summed E-state index contributed by atoms with van der Waals surface area (Å²) in [7, 11) is 1.67. The van der Waals surface area contributed by atoms with Gasteiger partial charge in [0.25, 0.3) is 0 Å². The molecule has 18 heavy (non-hydrogen) atoms. The third kappa shape index (κ3) is 3.55. The number of amides is 1. The summed E-state index contributed by atoms with van der Waals surface area (Å²) in [4.78, 5) is 12.0. The van der Waals surface area contributed by atoms with Crippen LogP contribution < -0.4 is 10.6 Å². The van der Waals surface area contributed by atoms with E-state index in [0.717, 1.165) is 37.2 Å². The van der Waals surface area contributed by atoms with Crippen LogP contribution in [-0.2, 0) is 16.1 Å². The van der Waals surface area contributed by atoms with E-state index in [2.05, 4.69) is 10.6 Å². The monoisotopic (exact) mass is 248 g/mol. The van der Waals surface area contributed by atoms with E-state index in [1.807, 2.05) is 24.3 Å². The van der Waals surface area contributed by atoms with E-state index in [-0.39, 0.29) is 11.8 Å². The highest BCUT2D eigenvalue weighted by atomic mass is 16.5. The van der Waals surface area contributed by atoms with Gasteiger partial charge in [0.05, 0.1) is 6.61 Å². The lowest BCUT2D eigenvalue weighted by molar-refractivity contribution is -0.120. The van der Waals surface area contributed by atoms with E-state index in [1.165, 1.54) is 0 Å². The lowest BCUT2D eigenvalue weighted by Crippen LogP contribution is -2.34. The summed E-state index contributed by atoms with van der Waals surface area (Å²) >= 11 is 0. The van der Waals surface area contributed by atoms with Crippen LogP contribution in [0.2, 0.25) is 0 Å². The number of hydrogen-bond donors (Lipinski definition) is 2. The van der Waals surface area contributed by atoms with Gasteiger partial charge in [-0.25, -0.2) is 0 Å². The molecule has 4 heteroatoms. The zero-order valence-corrected chi connectivity index (χ0v) is 10.7. The molecule has 4 nitrogen and oxygen atoms in total. The summed E-state index contributed by atoms with van der Waals surface area (Å²) in [6, 6.07) is 7.80. The smallest absolute Gasteiger partial charge is 0.227 e. The summed E-state index contributed by atoms with van der Waals surface area (Å²) < 4.78 is 5.05. The van der Waals surface area contributed by atoms with Crippen molar-refractivity contribution in [1.29, 1.82) is 0 Å². The molecule has 0 aliphatic carbocycles. The minimum Gasteiger partial charge on any atom is -0.380 e. The second-order valence-corrected chi connectivity index (χ2v) is 4.64. The number of nitrogens with one attached hydrogen (secondary N) is 2. The molecule has 1 saturated heterocycles. The van der Waals surface area contributed by atoms with Crippen LogP contribution in [0.4, 0.5) is 5.69 Å². The molecular formula is C14H20N2O2. The summed E-state index contributed by atoms with van der Waals surface area (Å²) in [5.41, 5.74) is 1.97. The fraction of sp³-hybridized carbons (Fsp3) is 0.500. The van der Waals surface area contributed by atoms with Gasteiger partial charge in [-0.3, -0.25) is 4.79 Å². The van der Waals surface area contributed by atoms with Gasteiger partial charge in [-0.05, 0) is 43.6 Å². The molecule has 1 aromatic rings. The van der Waals surface area contributed by atoms with Gasteiger partial charge in [0, 0.05) is 18.7 Å².